The Hall–Kier alpha value is -2.47. The van der Waals surface area contributed by atoms with Crippen LogP contribution in [0.15, 0.2) is 48.7 Å². The van der Waals surface area contributed by atoms with Crippen molar-refractivity contribution in [1.29, 1.82) is 0 Å². The Morgan fingerprint density at radius 2 is 1.83 bits per heavy atom. The first-order chi connectivity index (χ1) is 11.7. The number of anilines is 1. The third kappa shape index (κ3) is 4.08. The molecule has 6 heteroatoms. The maximum atomic E-state index is 13.5. The van der Waals surface area contributed by atoms with Crippen LogP contribution in [0.5, 0.6) is 0 Å². The number of carbonyl (C=O) groups is 1. The van der Waals surface area contributed by atoms with Crippen molar-refractivity contribution in [3.63, 3.8) is 0 Å². The number of pyridine rings is 1. The molecule has 0 bridgehead atoms. The minimum atomic E-state index is -0.249. The number of hydrogen-bond acceptors (Lipinski definition) is 4. The van der Waals surface area contributed by atoms with Gasteiger partial charge in [0.25, 0.3) is 0 Å². The van der Waals surface area contributed by atoms with Crippen LogP contribution in [0.1, 0.15) is 5.56 Å². The van der Waals surface area contributed by atoms with E-state index in [1.807, 2.05) is 23.1 Å². The van der Waals surface area contributed by atoms with Gasteiger partial charge < -0.3 is 15.1 Å². The van der Waals surface area contributed by atoms with Crippen LogP contribution in [0.2, 0.25) is 0 Å². The Labute approximate surface area is 141 Å². The molecule has 1 N–H and O–H groups in total. The predicted molar refractivity (Wildman–Crippen MR) is 91.1 cm³/mol. The summed E-state index contributed by atoms with van der Waals surface area (Å²) in [5.41, 5.74) is 0.574. The monoisotopic (exact) mass is 328 g/mol. The number of nitrogens with zero attached hydrogens (tertiary/aromatic N) is 3. The van der Waals surface area contributed by atoms with E-state index in [4.69, 9.17) is 0 Å². The number of aromatic nitrogens is 1. The lowest BCUT2D eigenvalue weighted by atomic mass is 10.2. The minimum Gasteiger partial charge on any atom is -0.353 e. The van der Waals surface area contributed by atoms with Crippen LogP contribution in [0.4, 0.5) is 10.2 Å². The fourth-order valence-electron chi connectivity index (χ4n) is 2.78. The predicted octanol–water partition coefficient (Wildman–Crippen LogP) is 1.66. The van der Waals surface area contributed by atoms with E-state index in [0.717, 1.165) is 18.9 Å². The fraction of sp³-hybridized carbons (Fsp3) is 0.333. The fourth-order valence-corrected chi connectivity index (χ4v) is 2.78. The van der Waals surface area contributed by atoms with Crippen molar-refractivity contribution in [2.45, 2.75) is 6.54 Å². The molecule has 24 heavy (non-hydrogen) atoms. The molecule has 0 saturated carbocycles. The molecule has 0 unspecified atom stereocenters. The summed E-state index contributed by atoms with van der Waals surface area (Å²) in [6, 6.07) is 12.4. The number of piperazine rings is 1. The van der Waals surface area contributed by atoms with E-state index in [1.165, 1.54) is 6.07 Å². The van der Waals surface area contributed by atoms with E-state index in [0.29, 0.717) is 25.2 Å². The molecule has 1 fully saturated rings. The molecule has 1 aliphatic rings. The highest BCUT2D eigenvalue weighted by atomic mass is 19.1. The summed E-state index contributed by atoms with van der Waals surface area (Å²) < 4.78 is 13.5. The molecule has 126 valence electrons. The maximum absolute atomic E-state index is 13.5. The summed E-state index contributed by atoms with van der Waals surface area (Å²) in [5, 5.41) is 3.03. The van der Waals surface area contributed by atoms with Crippen LogP contribution in [0, 0.1) is 5.82 Å². The van der Waals surface area contributed by atoms with Gasteiger partial charge in [0.15, 0.2) is 0 Å². The Morgan fingerprint density at radius 1 is 1.08 bits per heavy atom. The average Bonchev–Trinajstić information content (AvgIpc) is 2.64. The second kappa shape index (κ2) is 7.88. The standard InChI is InChI=1S/C18H21FN4O/c19-16-6-2-1-5-15(16)13-20-14-18(24)23-11-9-22(10-12-23)17-7-3-4-8-21-17/h1-8,20H,9-14H2. The van der Waals surface area contributed by atoms with Crippen LogP contribution in [0.25, 0.3) is 0 Å². The number of nitrogens with one attached hydrogen (secondary N) is 1. The van der Waals surface area contributed by atoms with E-state index in [9.17, 15) is 9.18 Å². The van der Waals surface area contributed by atoms with Crippen molar-refractivity contribution in [2.24, 2.45) is 0 Å². The largest absolute Gasteiger partial charge is 0.353 e. The summed E-state index contributed by atoms with van der Waals surface area (Å²) in [6.45, 7) is 3.48. The van der Waals surface area contributed by atoms with Crippen molar-refractivity contribution in [3.05, 3.63) is 60.0 Å². The van der Waals surface area contributed by atoms with Crippen LogP contribution < -0.4 is 10.2 Å². The second-order valence-corrected chi connectivity index (χ2v) is 5.75. The van der Waals surface area contributed by atoms with Gasteiger partial charge in [-0.05, 0) is 18.2 Å². The Kier molecular flexibility index (Phi) is 5.38. The van der Waals surface area contributed by atoms with Crippen LogP contribution in [-0.4, -0.2) is 48.5 Å². The molecule has 0 aliphatic carbocycles. The highest BCUT2D eigenvalue weighted by molar-refractivity contribution is 5.78. The van der Waals surface area contributed by atoms with E-state index in [1.54, 1.807) is 24.4 Å². The average molecular weight is 328 g/mol. The third-order valence-corrected chi connectivity index (χ3v) is 4.16. The van der Waals surface area contributed by atoms with E-state index < -0.39 is 0 Å². The van der Waals surface area contributed by atoms with Crippen LogP contribution in [-0.2, 0) is 11.3 Å². The van der Waals surface area contributed by atoms with Gasteiger partial charge in [0.2, 0.25) is 5.91 Å². The van der Waals surface area contributed by atoms with Gasteiger partial charge in [-0.1, -0.05) is 24.3 Å². The number of halogens is 1. The lowest BCUT2D eigenvalue weighted by Gasteiger charge is -2.35. The Bertz CT molecular complexity index is 672. The molecule has 0 atom stereocenters. The topological polar surface area (TPSA) is 48.5 Å². The molecule has 1 aliphatic heterocycles. The molecule has 1 aromatic heterocycles. The summed E-state index contributed by atoms with van der Waals surface area (Å²) >= 11 is 0. The Morgan fingerprint density at radius 3 is 2.54 bits per heavy atom. The smallest absolute Gasteiger partial charge is 0.236 e. The first-order valence-corrected chi connectivity index (χ1v) is 8.12. The number of benzene rings is 1. The molecule has 1 aromatic carbocycles. The normalized spacial score (nSPS) is 14.7. The molecule has 3 rings (SSSR count). The van der Waals surface area contributed by atoms with Gasteiger partial charge in [0.1, 0.15) is 11.6 Å². The summed E-state index contributed by atoms with van der Waals surface area (Å²) in [5.74, 6) is 0.746. The summed E-state index contributed by atoms with van der Waals surface area (Å²) in [7, 11) is 0. The zero-order valence-electron chi connectivity index (χ0n) is 13.5. The number of hydrogen-bond donors (Lipinski definition) is 1. The molecule has 2 aromatic rings. The molecule has 1 saturated heterocycles. The summed E-state index contributed by atoms with van der Waals surface area (Å²) in [6.07, 6.45) is 1.78. The van der Waals surface area contributed by atoms with Gasteiger partial charge in [0.05, 0.1) is 6.54 Å². The molecule has 0 spiro atoms. The first kappa shape index (κ1) is 16.4. The van der Waals surface area contributed by atoms with E-state index in [-0.39, 0.29) is 18.3 Å². The van der Waals surface area contributed by atoms with E-state index >= 15 is 0 Å². The lowest BCUT2D eigenvalue weighted by Crippen LogP contribution is -2.51. The zero-order chi connectivity index (χ0) is 16.8. The molecular formula is C18H21FN4O. The van der Waals surface area contributed by atoms with Gasteiger partial charge in [0, 0.05) is 44.5 Å². The number of carbonyl (C=O) groups excluding carboxylic acids is 1. The van der Waals surface area contributed by atoms with Gasteiger partial charge in [-0.15, -0.1) is 0 Å². The lowest BCUT2D eigenvalue weighted by molar-refractivity contribution is -0.130. The van der Waals surface area contributed by atoms with Crippen molar-refractivity contribution >= 4 is 11.7 Å². The number of amides is 1. The van der Waals surface area contributed by atoms with Gasteiger partial charge in [-0.2, -0.15) is 0 Å². The highest BCUT2D eigenvalue weighted by Gasteiger charge is 2.21. The first-order valence-electron chi connectivity index (χ1n) is 8.12. The van der Waals surface area contributed by atoms with Crippen LogP contribution in [0.3, 0.4) is 0 Å². The van der Waals surface area contributed by atoms with Gasteiger partial charge >= 0.3 is 0 Å². The van der Waals surface area contributed by atoms with Crippen molar-refractivity contribution in [3.8, 4) is 0 Å². The van der Waals surface area contributed by atoms with Gasteiger partial charge in [-0.3, -0.25) is 4.79 Å². The van der Waals surface area contributed by atoms with Crippen molar-refractivity contribution < 1.29 is 9.18 Å². The van der Waals surface area contributed by atoms with Crippen LogP contribution >= 0.6 is 0 Å². The summed E-state index contributed by atoms with van der Waals surface area (Å²) in [4.78, 5) is 20.6. The van der Waals surface area contributed by atoms with Gasteiger partial charge in [-0.25, -0.2) is 9.37 Å². The second-order valence-electron chi connectivity index (χ2n) is 5.75. The van der Waals surface area contributed by atoms with E-state index in [2.05, 4.69) is 15.2 Å². The number of rotatable bonds is 5. The third-order valence-electron chi connectivity index (χ3n) is 4.16. The molecular weight excluding hydrogens is 307 g/mol. The quantitative estimate of drug-likeness (QED) is 0.907. The molecule has 1 amide bonds. The zero-order valence-corrected chi connectivity index (χ0v) is 13.5. The molecule has 5 nitrogen and oxygen atoms in total. The minimum absolute atomic E-state index is 0.0482. The highest BCUT2D eigenvalue weighted by Crippen LogP contribution is 2.12. The SMILES string of the molecule is O=C(CNCc1ccccc1F)N1CCN(c2ccccn2)CC1. The van der Waals surface area contributed by atoms with Crippen molar-refractivity contribution in [1.82, 2.24) is 15.2 Å². The molecule has 0 radical (unpaired) electrons. The van der Waals surface area contributed by atoms with Crippen molar-refractivity contribution in [2.75, 3.05) is 37.6 Å². The Balaban J connectivity index is 1.43. The maximum Gasteiger partial charge on any atom is 0.236 e. The molecule has 2 heterocycles.